The van der Waals surface area contributed by atoms with Gasteiger partial charge in [-0.15, -0.1) is 0 Å². The monoisotopic (exact) mass is 361 g/mol. The van der Waals surface area contributed by atoms with Gasteiger partial charge in [0.15, 0.2) is 0 Å². The molecule has 0 aliphatic carbocycles. The van der Waals surface area contributed by atoms with Gasteiger partial charge in [0.2, 0.25) is 0 Å². The van der Waals surface area contributed by atoms with E-state index in [1.165, 1.54) is 0 Å². The maximum atomic E-state index is 13.1. The third-order valence-electron chi connectivity index (χ3n) is 2.57. The molecule has 3 nitrogen and oxygen atoms in total. The second-order valence-electron chi connectivity index (χ2n) is 4.17. The molecule has 0 aliphatic rings. The highest BCUT2D eigenvalue weighted by molar-refractivity contribution is 9.10. The van der Waals surface area contributed by atoms with Crippen LogP contribution in [-0.2, 0) is 10.0 Å². The van der Waals surface area contributed by atoms with E-state index in [1.54, 1.807) is 18.2 Å². The summed E-state index contributed by atoms with van der Waals surface area (Å²) in [6, 6.07) is 6.98. The Hall–Kier alpha value is -1.47. The summed E-state index contributed by atoms with van der Waals surface area (Å²) in [7, 11) is -4.04. The molecule has 2 rings (SSSR count). The number of sulfonamides is 1. The van der Waals surface area contributed by atoms with Gasteiger partial charge in [-0.3, -0.25) is 4.72 Å². The molecule has 20 heavy (non-hydrogen) atoms. The minimum absolute atomic E-state index is 0.298. The summed E-state index contributed by atoms with van der Waals surface area (Å²) in [6.45, 7) is 1.85. The molecule has 0 spiro atoms. The Kier molecular flexibility index (Phi) is 4.10. The predicted molar refractivity (Wildman–Crippen MR) is 76.0 cm³/mol. The zero-order valence-corrected chi connectivity index (χ0v) is 12.7. The first-order chi connectivity index (χ1) is 9.28. The molecule has 0 saturated carbocycles. The molecule has 106 valence electrons. The molecule has 2 aromatic rings. The van der Waals surface area contributed by atoms with Crippen LogP contribution in [0.5, 0.6) is 0 Å². The first-order valence-corrected chi connectivity index (χ1v) is 7.80. The molecule has 0 saturated heterocycles. The lowest BCUT2D eigenvalue weighted by atomic mass is 10.2. The van der Waals surface area contributed by atoms with Crippen molar-refractivity contribution in [1.29, 1.82) is 0 Å². The van der Waals surface area contributed by atoms with Crippen LogP contribution < -0.4 is 4.72 Å². The van der Waals surface area contributed by atoms with Crippen LogP contribution in [0.1, 0.15) is 5.56 Å². The number of aryl methyl sites for hydroxylation is 1. The minimum Gasteiger partial charge on any atom is -0.280 e. The van der Waals surface area contributed by atoms with E-state index in [1.807, 2.05) is 6.92 Å². The number of halogens is 3. The highest BCUT2D eigenvalue weighted by Crippen LogP contribution is 2.23. The average molecular weight is 362 g/mol. The molecular weight excluding hydrogens is 352 g/mol. The van der Waals surface area contributed by atoms with Crippen LogP contribution in [-0.4, -0.2) is 8.42 Å². The zero-order valence-electron chi connectivity index (χ0n) is 10.3. The van der Waals surface area contributed by atoms with Crippen molar-refractivity contribution in [3.8, 4) is 0 Å². The van der Waals surface area contributed by atoms with Crippen LogP contribution >= 0.6 is 15.9 Å². The van der Waals surface area contributed by atoms with Gasteiger partial charge < -0.3 is 0 Å². The predicted octanol–water partition coefficient (Wildman–Crippen LogP) is 3.84. The van der Waals surface area contributed by atoms with Gasteiger partial charge >= 0.3 is 0 Å². The topological polar surface area (TPSA) is 46.2 Å². The fourth-order valence-electron chi connectivity index (χ4n) is 1.55. The summed E-state index contributed by atoms with van der Waals surface area (Å²) in [5.41, 5.74) is 1.23. The summed E-state index contributed by atoms with van der Waals surface area (Å²) >= 11 is 3.28. The quantitative estimate of drug-likeness (QED) is 0.902. The Morgan fingerprint density at radius 2 is 1.65 bits per heavy atom. The van der Waals surface area contributed by atoms with Crippen LogP contribution in [0.4, 0.5) is 14.5 Å². The van der Waals surface area contributed by atoms with Gasteiger partial charge in [-0.2, -0.15) is 0 Å². The largest absolute Gasteiger partial charge is 0.280 e. The second-order valence-corrected chi connectivity index (χ2v) is 6.71. The molecule has 0 unspecified atom stereocenters. The first-order valence-electron chi connectivity index (χ1n) is 5.53. The van der Waals surface area contributed by atoms with E-state index >= 15 is 0 Å². The molecule has 0 bridgehead atoms. The summed E-state index contributed by atoms with van der Waals surface area (Å²) in [5.74, 6) is -1.90. The highest BCUT2D eigenvalue weighted by atomic mass is 79.9. The Labute approximate surface area is 123 Å². The minimum atomic E-state index is -4.04. The van der Waals surface area contributed by atoms with Gasteiger partial charge in [0.25, 0.3) is 10.0 Å². The SMILES string of the molecule is Cc1ccc(NS(=O)(=O)c2cc(F)cc(F)c2)cc1Br. The van der Waals surface area contributed by atoms with Gasteiger partial charge in [-0.05, 0) is 36.8 Å². The van der Waals surface area contributed by atoms with Crippen LogP contribution in [0, 0.1) is 18.6 Å². The molecule has 1 N–H and O–H groups in total. The van der Waals surface area contributed by atoms with E-state index in [0.717, 1.165) is 22.2 Å². The fraction of sp³-hybridized carbons (Fsp3) is 0.0769. The summed E-state index contributed by atoms with van der Waals surface area (Å²) < 4.78 is 53.2. The average Bonchev–Trinajstić information content (AvgIpc) is 2.32. The number of anilines is 1. The molecule has 0 atom stereocenters. The Balaban J connectivity index is 2.37. The number of nitrogens with one attached hydrogen (secondary N) is 1. The van der Waals surface area contributed by atoms with E-state index in [0.29, 0.717) is 11.8 Å². The lowest BCUT2D eigenvalue weighted by molar-refractivity contribution is 0.568. The Bertz CT molecular complexity index is 743. The van der Waals surface area contributed by atoms with E-state index in [-0.39, 0.29) is 0 Å². The summed E-state index contributed by atoms with van der Waals surface area (Å²) in [6.07, 6.45) is 0. The normalized spacial score (nSPS) is 11.4. The lowest BCUT2D eigenvalue weighted by Gasteiger charge is -2.09. The van der Waals surface area contributed by atoms with Gasteiger partial charge in [-0.25, -0.2) is 17.2 Å². The van der Waals surface area contributed by atoms with Crippen molar-refractivity contribution in [2.24, 2.45) is 0 Å². The number of hydrogen-bond donors (Lipinski definition) is 1. The number of hydrogen-bond acceptors (Lipinski definition) is 2. The molecule has 0 fully saturated rings. The molecule has 2 aromatic carbocycles. The third kappa shape index (κ3) is 3.34. The number of rotatable bonds is 3. The third-order valence-corrected chi connectivity index (χ3v) is 4.79. The van der Waals surface area contributed by atoms with E-state index in [4.69, 9.17) is 0 Å². The zero-order chi connectivity index (χ0) is 14.9. The molecule has 0 aliphatic heterocycles. The summed E-state index contributed by atoms with van der Waals surface area (Å²) in [5, 5.41) is 0. The number of benzene rings is 2. The van der Waals surface area contributed by atoms with Crippen LogP contribution in [0.15, 0.2) is 45.8 Å². The van der Waals surface area contributed by atoms with Gasteiger partial charge in [0, 0.05) is 16.2 Å². The molecule has 0 amide bonds. The van der Waals surface area contributed by atoms with Crippen molar-refractivity contribution < 1.29 is 17.2 Å². The van der Waals surface area contributed by atoms with Crippen molar-refractivity contribution >= 4 is 31.6 Å². The standard InChI is InChI=1S/C13H10BrF2NO2S/c1-8-2-3-11(7-13(8)14)17-20(18,19)12-5-9(15)4-10(16)6-12/h2-7,17H,1H3. The van der Waals surface area contributed by atoms with Crippen LogP contribution in [0.3, 0.4) is 0 Å². The van der Waals surface area contributed by atoms with Crippen LogP contribution in [0.25, 0.3) is 0 Å². The maximum Gasteiger partial charge on any atom is 0.262 e. The molecule has 0 aromatic heterocycles. The van der Waals surface area contributed by atoms with E-state index in [9.17, 15) is 17.2 Å². The van der Waals surface area contributed by atoms with E-state index < -0.39 is 26.6 Å². The van der Waals surface area contributed by atoms with Gasteiger partial charge in [0.05, 0.1) is 4.90 Å². The summed E-state index contributed by atoms with van der Waals surface area (Å²) in [4.78, 5) is -0.466. The van der Waals surface area contributed by atoms with Gasteiger partial charge in [-0.1, -0.05) is 22.0 Å². The molecule has 0 heterocycles. The molecular formula is C13H10BrF2NO2S. The Morgan fingerprint density at radius 3 is 2.20 bits per heavy atom. The van der Waals surface area contributed by atoms with Crippen molar-refractivity contribution in [1.82, 2.24) is 0 Å². The van der Waals surface area contributed by atoms with E-state index in [2.05, 4.69) is 20.7 Å². The first kappa shape index (κ1) is 14.9. The lowest BCUT2D eigenvalue weighted by Crippen LogP contribution is -2.13. The van der Waals surface area contributed by atoms with Crippen molar-refractivity contribution in [3.63, 3.8) is 0 Å². The second kappa shape index (κ2) is 5.49. The highest BCUT2D eigenvalue weighted by Gasteiger charge is 2.17. The van der Waals surface area contributed by atoms with Crippen molar-refractivity contribution in [2.75, 3.05) is 4.72 Å². The molecule has 0 radical (unpaired) electrons. The van der Waals surface area contributed by atoms with Crippen molar-refractivity contribution in [3.05, 3.63) is 58.1 Å². The fourth-order valence-corrected chi connectivity index (χ4v) is 3.02. The van der Waals surface area contributed by atoms with Crippen LogP contribution in [0.2, 0.25) is 0 Å². The molecule has 7 heteroatoms. The maximum absolute atomic E-state index is 13.1. The smallest absolute Gasteiger partial charge is 0.262 e. The Morgan fingerprint density at radius 1 is 1.05 bits per heavy atom. The van der Waals surface area contributed by atoms with Crippen molar-refractivity contribution in [2.45, 2.75) is 11.8 Å². The van der Waals surface area contributed by atoms with Gasteiger partial charge in [0.1, 0.15) is 11.6 Å².